The molecule has 218 valence electrons. The van der Waals surface area contributed by atoms with Gasteiger partial charge < -0.3 is 34.3 Å². The largest absolute Gasteiger partial charge is 0.507 e. The lowest BCUT2D eigenvalue weighted by Crippen LogP contribution is -2.19. The average Bonchev–Trinajstić information content (AvgIpc) is 2.96. The summed E-state index contributed by atoms with van der Waals surface area (Å²) in [6, 6.07) is 8.04. The van der Waals surface area contributed by atoms with Crippen LogP contribution in [0.4, 0.5) is 5.69 Å². The molecule has 3 aromatic rings. The second kappa shape index (κ2) is 16.2. The SMILES string of the molecule is CCCCCCCCOC.COc1cc(/C=C/C(=O)Nc2ccc3c(O)c(C)c(=O)n(C)c3c2)cc(OC)c1O. The third-order valence-electron chi connectivity index (χ3n) is 6.49. The minimum Gasteiger partial charge on any atom is -0.507 e. The lowest BCUT2D eigenvalue weighted by Gasteiger charge is -2.11. The van der Waals surface area contributed by atoms with Crippen molar-refractivity contribution in [2.45, 2.75) is 52.4 Å². The van der Waals surface area contributed by atoms with Gasteiger partial charge in [-0.15, -0.1) is 0 Å². The van der Waals surface area contributed by atoms with Gasteiger partial charge in [0, 0.05) is 37.9 Å². The summed E-state index contributed by atoms with van der Waals surface area (Å²) in [6.07, 6.45) is 11.0. The third-order valence-corrected chi connectivity index (χ3v) is 6.49. The number of aromatic hydroxyl groups is 2. The van der Waals surface area contributed by atoms with Crippen LogP contribution in [0.15, 0.2) is 41.2 Å². The van der Waals surface area contributed by atoms with E-state index in [1.807, 2.05) is 0 Å². The van der Waals surface area contributed by atoms with Crippen molar-refractivity contribution < 1.29 is 29.2 Å². The van der Waals surface area contributed by atoms with Crippen molar-refractivity contribution in [1.29, 1.82) is 0 Å². The summed E-state index contributed by atoms with van der Waals surface area (Å²) < 4.78 is 16.6. The van der Waals surface area contributed by atoms with Gasteiger partial charge in [-0.3, -0.25) is 9.59 Å². The number of hydrogen-bond donors (Lipinski definition) is 3. The van der Waals surface area contributed by atoms with E-state index >= 15 is 0 Å². The molecule has 1 amide bonds. The Hall–Kier alpha value is -3.98. The highest BCUT2D eigenvalue weighted by Gasteiger charge is 2.13. The van der Waals surface area contributed by atoms with E-state index in [2.05, 4.69) is 12.2 Å². The van der Waals surface area contributed by atoms with E-state index in [9.17, 15) is 19.8 Å². The maximum atomic E-state index is 12.3. The minimum atomic E-state index is -0.401. The zero-order chi connectivity index (χ0) is 29.7. The number of nitrogens with zero attached hydrogens (tertiary/aromatic N) is 1. The molecule has 0 aliphatic rings. The van der Waals surface area contributed by atoms with Crippen molar-refractivity contribution in [2.75, 3.05) is 33.3 Å². The van der Waals surface area contributed by atoms with Crippen molar-refractivity contribution >= 4 is 28.6 Å². The van der Waals surface area contributed by atoms with Crippen LogP contribution in [0.2, 0.25) is 0 Å². The number of fused-ring (bicyclic) bond motifs is 1. The first-order valence-electron chi connectivity index (χ1n) is 13.4. The van der Waals surface area contributed by atoms with E-state index in [0.717, 1.165) is 6.61 Å². The third kappa shape index (κ3) is 8.77. The molecule has 0 atom stereocenters. The number of unbranched alkanes of at least 4 members (excludes halogenated alkanes) is 5. The monoisotopic (exact) mass is 554 g/mol. The fraction of sp³-hybridized carbons (Fsp3) is 0.419. The Morgan fingerprint density at radius 1 is 0.950 bits per heavy atom. The van der Waals surface area contributed by atoms with Crippen molar-refractivity contribution in [2.24, 2.45) is 7.05 Å². The number of anilines is 1. The number of ether oxygens (including phenoxy) is 3. The molecule has 0 bridgehead atoms. The number of pyridine rings is 1. The molecule has 1 aromatic heterocycles. The smallest absolute Gasteiger partial charge is 0.257 e. The number of aromatic nitrogens is 1. The van der Waals surface area contributed by atoms with E-state index in [4.69, 9.17) is 14.2 Å². The fourth-order valence-electron chi connectivity index (χ4n) is 4.14. The van der Waals surface area contributed by atoms with Crippen LogP contribution in [0, 0.1) is 6.92 Å². The number of carbonyl (C=O) groups is 1. The van der Waals surface area contributed by atoms with Gasteiger partial charge in [-0.2, -0.15) is 0 Å². The molecule has 1 heterocycles. The number of amides is 1. The standard InChI is InChI=1S/C22H22N2O6.C9H20O/c1-12-20(26)15-7-6-14(11-16(15)24(2)22(12)28)23-19(25)8-5-13-9-17(29-3)21(27)18(10-13)30-4;1-3-4-5-6-7-8-9-10-2/h5-11,26-27H,1-4H3,(H,23,25);3-9H2,1-2H3/b8-5+;. The number of phenols is 1. The van der Waals surface area contributed by atoms with E-state index in [1.54, 1.807) is 57.5 Å². The predicted octanol–water partition coefficient (Wildman–Crippen LogP) is 5.92. The maximum Gasteiger partial charge on any atom is 0.257 e. The first-order valence-corrected chi connectivity index (χ1v) is 13.4. The van der Waals surface area contributed by atoms with Gasteiger partial charge in [0.15, 0.2) is 11.5 Å². The van der Waals surface area contributed by atoms with Crippen LogP contribution in [0.5, 0.6) is 23.0 Å². The summed E-state index contributed by atoms with van der Waals surface area (Å²) in [5.74, 6) is -0.149. The molecule has 0 aliphatic carbocycles. The van der Waals surface area contributed by atoms with E-state index in [0.29, 0.717) is 22.2 Å². The van der Waals surface area contributed by atoms with Gasteiger partial charge in [-0.05, 0) is 55.3 Å². The number of nitrogens with one attached hydrogen (secondary N) is 1. The molecule has 2 aromatic carbocycles. The minimum absolute atomic E-state index is 0.0684. The molecule has 0 fully saturated rings. The molecule has 0 saturated heterocycles. The Balaban J connectivity index is 0.000000478. The van der Waals surface area contributed by atoms with Crippen LogP contribution < -0.4 is 20.3 Å². The van der Waals surface area contributed by atoms with Crippen LogP contribution in [0.3, 0.4) is 0 Å². The first-order chi connectivity index (χ1) is 19.2. The van der Waals surface area contributed by atoms with Crippen molar-refractivity contribution in [3.8, 4) is 23.0 Å². The maximum absolute atomic E-state index is 12.3. The van der Waals surface area contributed by atoms with Gasteiger partial charge in [0.2, 0.25) is 11.7 Å². The molecule has 0 radical (unpaired) electrons. The second-order valence-electron chi connectivity index (χ2n) is 9.43. The van der Waals surface area contributed by atoms with E-state index < -0.39 is 5.91 Å². The number of aryl methyl sites for hydroxylation is 1. The summed E-state index contributed by atoms with van der Waals surface area (Å²) >= 11 is 0. The van der Waals surface area contributed by atoms with Gasteiger partial charge in [-0.1, -0.05) is 39.0 Å². The number of carbonyl (C=O) groups excluding carboxylic acids is 1. The molecular weight excluding hydrogens is 512 g/mol. The molecule has 9 nitrogen and oxygen atoms in total. The lowest BCUT2D eigenvalue weighted by molar-refractivity contribution is -0.111. The molecule has 3 N–H and O–H groups in total. The first kappa shape index (κ1) is 32.2. The van der Waals surface area contributed by atoms with E-state index in [1.165, 1.54) is 63.4 Å². The van der Waals surface area contributed by atoms with Crippen LogP contribution in [-0.2, 0) is 16.6 Å². The molecule has 3 rings (SSSR count). The quantitative estimate of drug-likeness (QED) is 0.188. The predicted molar refractivity (Wildman–Crippen MR) is 160 cm³/mol. The van der Waals surface area contributed by atoms with Crippen LogP contribution in [0.1, 0.15) is 56.6 Å². The van der Waals surface area contributed by atoms with Crippen LogP contribution in [0.25, 0.3) is 17.0 Å². The number of methoxy groups -OCH3 is 3. The molecular formula is C31H42N2O7. The van der Waals surface area contributed by atoms with Gasteiger partial charge in [0.25, 0.3) is 5.56 Å². The normalized spacial score (nSPS) is 10.8. The van der Waals surface area contributed by atoms with Crippen LogP contribution in [-0.4, -0.2) is 48.6 Å². The van der Waals surface area contributed by atoms with Gasteiger partial charge in [0.1, 0.15) is 5.75 Å². The number of hydrogen-bond acceptors (Lipinski definition) is 7. The summed E-state index contributed by atoms with van der Waals surface area (Å²) in [5.41, 5.74) is 1.52. The zero-order valence-corrected chi connectivity index (χ0v) is 24.4. The summed E-state index contributed by atoms with van der Waals surface area (Å²) in [4.78, 5) is 24.5. The number of benzene rings is 2. The molecule has 0 unspecified atom stereocenters. The molecule has 40 heavy (non-hydrogen) atoms. The number of phenolic OH excluding ortho intramolecular Hbond substituents is 1. The highest BCUT2D eigenvalue weighted by molar-refractivity contribution is 6.03. The number of rotatable bonds is 12. The van der Waals surface area contributed by atoms with Gasteiger partial charge in [-0.25, -0.2) is 0 Å². The average molecular weight is 555 g/mol. The molecule has 0 aliphatic heterocycles. The second-order valence-corrected chi connectivity index (χ2v) is 9.43. The Kier molecular flexibility index (Phi) is 13.1. The molecule has 0 saturated carbocycles. The molecule has 0 spiro atoms. The summed E-state index contributed by atoms with van der Waals surface area (Å²) in [6.45, 7) is 4.74. The Morgan fingerprint density at radius 3 is 2.17 bits per heavy atom. The van der Waals surface area contributed by atoms with Crippen LogP contribution >= 0.6 is 0 Å². The lowest BCUT2D eigenvalue weighted by atomic mass is 10.1. The van der Waals surface area contributed by atoms with E-state index in [-0.39, 0.29) is 34.1 Å². The highest BCUT2D eigenvalue weighted by Crippen LogP contribution is 2.37. The fourth-order valence-corrected chi connectivity index (χ4v) is 4.14. The summed E-state index contributed by atoms with van der Waals surface area (Å²) in [5, 5.41) is 23.4. The van der Waals surface area contributed by atoms with Crippen molar-refractivity contribution in [3.05, 3.63) is 57.9 Å². The molecule has 9 heteroatoms. The Morgan fingerprint density at radius 2 is 1.57 bits per heavy atom. The Bertz CT molecular complexity index is 1330. The van der Waals surface area contributed by atoms with Crippen molar-refractivity contribution in [3.63, 3.8) is 0 Å². The highest BCUT2D eigenvalue weighted by atomic mass is 16.5. The zero-order valence-electron chi connectivity index (χ0n) is 24.4. The topological polar surface area (TPSA) is 119 Å². The van der Waals surface area contributed by atoms with Gasteiger partial charge >= 0.3 is 0 Å². The summed E-state index contributed by atoms with van der Waals surface area (Å²) in [7, 11) is 6.21. The van der Waals surface area contributed by atoms with Crippen molar-refractivity contribution in [1.82, 2.24) is 4.57 Å². The van der Waals surface area contributed by atoms with Gasteiger partial charge in [0.05, 0.1) is 25.3 Å². The Labute approximate surface area is 236 Å².